The average Bonchev–Trinajstić information content (AvgIpc) is 3.38. The summed E-state index contributed by atoms with van der Waals surface area (Å²) in [4.78, 5) is 12.8. The minimum Gasteiger partial charge on any atom is -0.456 e. The molecule has 2 aromatic heterocycles. The van der Waals surface area contributed by atoms with Gasteiger partial charge in [-0.3, -0.25) is 0 Å². The molecule has 0 aliphatic carbocycles. The molecule has 0 fully saturated rings. The normalized spacial score (nSPS) is 12.6. The van der Waals surface area contributed by atoms with Gasteiger partial charge in [0.25, 0.3) is 0 Å². The highest BCUT2D eigenvalue weighted by molar-refractivity contribution is 7.13. The highest BCUT2D eigenvalue weighted by atomic mass is 32.1. The first-order valence-electron chi connectivity index (χ1n) is 7.52. The van der Waals surface area contributed by atoms with E-state index in [2.05, 4.69) is 5.16 Å². The first-order valence-corrected chi connectivity index (χ1v) is 8.40. The number of esters is 1. The number of thiophene rings is 1. The van der Waals surface area contributed by atoms with Gasteiger partial charge in [0.05, 0.1) is 4.88 Å². The Morgan fingerprint density at radius 1 is 1.24 bits per heavy atom. The molecule has 0 atom stereocenters. The van der Waals surface area contributed by atoms with Gasteiger partial charge in [0.1, 0.15) is 12.3 Å². The fourth-order valence-corrected chi connectivity index (χ4v) is 2.96. The van der Waals surface area contributed by atoms with Crippen molar-refractivity contribution >= 4 is 23.4 Å². The second kappa shape index (κ2) is 6.82. The zero-order valence-electron chi connectivity index (χ0n) is 13.0. The Hall–Kier alpha value is -3.06. The van der Waals surface area contributed by atoms with Crippen LogP contribution in [0, 0.1) is 0 Å². The predicted molar refractivity (Wildman–Crippen MR) is 91.2 cm³/mol. The van der Waals surface area contributed by atoms with Crippen molar-refractivity contribution < 1.29 is 23.5 Å². The highest BCUT2D eigenvalue weighted by Gasteiger charge is 2.12. The lowest BCUT2D eigenvalue weighted by molar-refractivity contribution is -0.139. The Kier molecular flexibility index (Phi) is 4.22. The smallest absolute Gasteiger partial charge is 0.331 e. The van der Waals surface area contributed by atoms with E-state index in [1.54, 1.807) is 35.6 Å². The maximum absolute atomic E-state index is 11.8. The molecule has 0 saturated carbocycles. The van der Waals surface area contributed by atoms with Crippen LogP contribution in [0.1, 0.15) is 11.3 Å². The summed E-state index contributed by atoms with van der Waals surface area (Å²) < 4.78 is 20.9. The van der Waals surface area contributed by atoms with Crippen molar-refractivity contribution in [2.75, 3.05) is 6.79 Å². The Morgan fingerprint density at radius 3 is 3.04 bits per heavy atom. The molecule has 0 N–H and O–H groups in total. The van der Waals surface area contributed by atoms with Crippen molar-refractivity contribution in [3.05, 3.63) is 59.1 Å². The van der Waals surface area contributed by atoms with Gasteiger partial charge in [-0.15, -0.1) is 11.3 Å². The summed E-state index contributed by atoms with van der Waals surface area (Å²) in [5, 5.41) is 5.86. The van der Waals surface area contributed by atoms with Gasteiger partial charge < -0.3 is 18.7 Å². The molecule has 1 aromatic carbocycles. The van der Waals surface area contributed by atoms with Gasteiger partial charge in [-0.05, 0) is 35.2 Å². The molecular weight excluding hydrogens is 342 g/mol. The van der Waals surface area contributed by atoms with Crippen LogP contribution in [0.25, 0.3) is 16.7 Å². The predicted octanol–water partition coefficient (Wildman–Crippen LogP) is 3.89. The number of ether oxygens (including phenoxy) is 3. The third-order valence-electron chi connectivity index (χ3n) is 3.49. The molecule has 3 aromatic rings. The van der Waals surface area contributed by atoms with E-state index in [0.29, 0.717) is 23.0 Å². The van der Waals surface area contributed by atoms with E-state index in [1.165, 1.54) is 6.08 Å². The van der Waals surface area contributed by atoms with E-state index in [0.717, 1.165) is 10.4 Å². The highest BCUT2D eigenvalue weighted by Crippen LogP contribution is 2.32. The maximum Gasteiger partial charge on any atom is 0.331 e. The van der Waals surface area contributed by atoms with Crippen molar-refractivity contribution in [2.24, 2.45) is 0 Å². The molecule has 6 nitrogen and oxygen atoms in total. The summed E-state index contributed by atoms with van der Waals surface area (Å²) >= 11 is 1.56. The number of hydrogen-bond acceptors (Lipinski definition) is 7. The summed E-state index contributed by atoms with van der Waals surface area (Å²) in [6.45, 7) is 0.273. The van der Waals surface area contributed by atoms with Crippen LogP contribution in [0.5, 0.6) is 11.5 Å². The standard InChI is InChI=1S/C18H13NO5S/c20-18(6-4-12-3-5-14-15(8-12)23-11-22-14)21-10-13-9-16(24-19-13)17-2-1-7-25-17/h1-9H,10-11H2. The van der Waals surface area contributed by atoms with E-state index >= 15 is 0 Å². The SMILES string of the molecule is O=C(C=Cc1ccc2c(c1)OCO2)OCc1cc(-c2cccs2)on1. The largest absolute Gasteiger partial charge is 0.456 e. The molecule has 0 saturated heterocycles. The Balaban J connectivity index is 1.33. The van der Waals surface area contributed by atoms with Crippen LogP contribution >= 0.6 is 11.3 Å². The number of benzene rings is 1. The van der Waals surface area contributed by atoms with Crippen LogP contribution in [0.3, 0.4) is 0 Å². The second-order valence-corrected chi connectivity index (χ2v) is 6.16. The summed E-state index contributed by atoms with van der Waals surface area (Å²) in [7, 11) is 0. The Labute approximate surface area is 147 Å². The van der Waals surface area contributed by atoms with Crippen molar-refractivity contribution in [3.63, 3.8) is 0 Å². The number of carbonyl (C=O) groups excluding carboxylic acids is 1. The number of hydrogen-bond donors (Lipinski definition) is 0. The molecule has 1 aliphatic rings. The van der Waals surface area contributed by atoms with Gasteiger partial charge in [-0.25, -0.2) is 4.79 Å². The summed E-state index contributed by atoms with van der Waals surface area (Å²) in [6.07, 6.45) is 3.02. The third kappa shape index (κ3) is 3.56. The molecule has 3 heterocycles. The van der Waals surface area contributed by atoms with Crippen LogP contribution in [0.4, 0.5) is 0 Å². The van der Waals surface area contributed by atoms with Gasteiger partial charge in [0.15, 0.2) is 17.3 Å². The summed E-state index contributed by atoms with van der Waals surface area (Å²) in [5.41, 5.74) is 1.39. The minimum atomic E-state index is -0.460. The first-order chi connectivity index (χ1) is 12.3. The molecule has 4 rings (SSSR count). The number of aromatic nitrogens is 1. The van der Waals surface area contributed by atoms with Gasteiger partial charge in [-0.2, -0.15) is 0 Å². The topological polar surface area (TPSA) is 70.8 Å². The van der Waals surface area contributed by atoms with Crippen LogP contribution in [0.15, 0.2) is 52.4 Å². The molecule has 0 amide bonds. The van der Waals surface area contributed by atoms with Gasteiger partial charge >= 0.3 is 5.97 Å². The lowest BCUT2D eigenvalue weighted by Crippen LogP contribution is -2.00. The van der Waals surface area contributed by atoms with E-state index in [4.69, 9.17) is 18.7 Å². The molecule has 25 heavy (non-hydrogen) atoms. The first kappa shape index (κ1) is 15.5. The van der Waals surface area contributed by atoms with Gasteiger partial charge in [0, 0.05) is 12.1 Å². The molecule has 126 valence electrons. The van der Waals surface area contributed by atoms with Crippen LogP contribution < -0.4 is 9.47 Å². The molecular formula is C18H13NO5S. The van der Waals surface area contributed by atoms with Crippen molar-refractivity contribution in [3.8, 4) is 22.1 Å². The van der Waals surface area contributed by atoms with Gasteiger partial charge in [0.2, 0.25) is 6.79 Å². The van der Waals surface area contributed by atoms with Crippen LogP contribution in [-0.2, 0) is 16.1 Å². The van der Waals surface area contributed by atoms with Crippen molar-refractivity contribution in [1.29, 1.82) is 0 Å². The molecule has 0 spiro atoms. The lowest BCUT2D eigenvalue weighted by atomic mass is 10.2. The molecule has 0 bridgehead atoms. The monoisotopic (exact) mass is 355 g/mol. The molecule has 7 heteroatoms. The van der Waals surface area contributed by atoms with Crippen LogP contribution in [-0.4, -0.2) is 17.9 Å². The van der Waals surface area contributed by atoms with Crippen molar-refractivity contribution in [1.82, 2.24) is 5.16 Å². The zero-order chi connectivity index (χ0) is 17.1. The summed E-state index contributed by atoms with van der Waals surface area (Å²) in [5.74, 6) is 1.57. The van der Waals surface area contributed by atoms with Crippen molar-refractivity contribution in [2.45, 2.75) is 6.61 Å². The third-order valence-corrected chi connectivity index (χ3v) is 4.38. The quantitative estimate of drug-likeness (QED) is 0.511. The number of carbonyl (C=O) groups is 1. The fourth-order valence-electron chi connectivity index (χ4n) is 2.29. The summed E-state index contributed by atoms with van der Waals surface area (Å²) in [6, 6.07) is 11.1. The molecule has 1 aliphatic heterocycles. The number of rotatable bonds is 5. The average molecular weight is 355 g/mol. The zero-order valence-corrected chi connectivity index (χ0v) is 13.8. The maximum atomic E-state index is 11.8. The number of nitrogens with zero attached hydrogens (tertiary/aromatic N) is 1. The molecule has 0 unspecified atom stereocenters. The van der Waals surface area contributed by atoms with Crippen LogP contribution in [0.2, 0.25) is 0 Å². The lowest BCUT2D eigenvalue weighted by Gasteiger charge is -1.99. The Bertz CT molecular complexity index is 913. The second-order valence-electron chi connectivity index (χ2n) is 5.21. The van der Waals surface area contributed by atoms with Gasteiger partial charge in [-0.1, -0.05) is 17.3 Å². The molecule has 0 radical (unpaired) electrons. The minimum absolute atomic E-state index is 0.0547. The van der Waals surface area contributed by atoms with E-state index in [1.807, 2.05) is 23.6 Å². The fraction of sp³-hybridized carbons (Fsp3) is 0.111. The van der Waals surface area contributed by atoms with E-state index in [-0.39, 0.29) is 13.4 Å². The van der Waals surface area contributed by atoms with E-state index < -0.39 is 5.97 Å². The van der Waals surface area contributed by atoms with E-state index in [9.17, 15) is 4.79 Å². The number of fused-ring (bicyclic) bond motifs is 1. The Morgan fingerprint density at radius 2 is 2.16 bits per heavy atom.